The molecule has 1 aliphatic heterocycles. The van der Waals surface area contributed by atoms with Crippen LogP contribution in [0.4, 0.5) is 19.0 Å². The van der Waals surface area contributed by atoms with E-state index < -0.39 is 11.7 Å². The van der Waals surface area contributed by atoms with Gasteiger partial charge in [-0.3, -0.25) is 9.69 Å². The van der Waals surface area contributed by atoms with E-state index in [1.165, 1.54) is 13.0 Å². The molecule has 0 saturated carbocycles. The smallest absolute Gasteiger partial charge is 0.416 e. The molecular weight excluding hydrogens is 453 g/mol. The van der Waals surface area contributed by atoms with Crippen LogP contribution in [0.25, 0.3) is 0 Å². The molecule has 4 nitrogen and oxygen atoms in total. The van der Waals surface area contributed by atoms with Gasteiger partial charge in [-0.1, -0.05) is 36.2 Å². The topological polar surface area (TPSA) is 42.4 Å². The summed E-state index contributed by atoms with van der Waals surface area (Å²) in [5, 5.41) is 0.290. The first-order valence-corrected chi connectivity index (χ1v) is 10.9. The third-order valence-corrected chi connectivity index (χ3v) is 5.58. The molecule has 0 radical (unpaired) electrons. The monoisotopic (exact) mass is 476 g/mol. The van der Waals surface area contributed by atoms with Gasteiger partial charge in [0.05, 0.1) is 5.57 Å². The predicted molar refractivity (Wildman–Crippen MR) is 124 cm³/mol. The van der Waals surface area contributed by atoms with Crippen molar-refractivity contribution < 1.29 is 22.7 Å². The molecule has 0 saturated heterocycles. The number of hydrogen-bond donors (Lipinski definition) is 0. The van der Waals surface area contributed by atoms with Crippen LogP contribution in [0.15, 0.2) is 71.5 Å². The van der Waals surface area contributed by atoms with E-state index in [1.807, 2.05) is 0 Å². The van der Waals surface area contributed by atoms with E-state index in [9.17, 15) is 18.0 Å². The molecule has 3 rings (SSSR count). The number of rotatable bonds is 6. The van der Waals surface area contributed by atoms with Crippen LogP contribution in [-0.2, 0) is 6.42 Å². The molecule has 1 aliphatic rings. The molecule has 0 atom stereocenters. The number of pyridine rings is 1. The molecule has 1 amide bonds. The van der Waals surface area contributed by atoms with Crippen LogP contribution in [0.3, 0.4) is 0 Å². The van der Waals surface area contributed by atoms with Gasteiger partial charge in [0.25, 0.3) is 5.91 Å². The highest BCUT2D eigenvalue weighted by Crippen LogP contribution is 2.31. The minimum atomic E-state index is -4.45. The number of hydrogen-bond acceptors (Lipinski definition) is 3. The second-order valence-electron chi connectivity index (χ2n) is 7.52. The first-order valence-electron chi connectivity index (χ1n) is 10.5. The van der Waals surface area contributed by atoms with Gasteiger partial charge < -0.3 is 4.74 Å². The summed E-state index contributed by atoms with van der Waals surface area (Å²) in [4.78, 5) is 18.9. The number of anilines is 1. The summed E-state index contributed by atoms with van der Waals surface area (Å²) in [5.74, 6) is 0.803. The first-order chi connectivity index (χ1) is 15.6. The van der Waals surface area contributed by atoms with Crippen LogP contribution >= 0.6 is 11.6 Å². The Morgan fingerprint density at radius 3 is 2.64 bits per heavy atom. The SMILES string of the molecule is C/C=C(\C=C/C(=C(C)CC)C(F)(F)F)Oc1ccc2c(c1)C(=O)N(c1cccc(Cl)n1)CC2. The highest BCUT2D eigenvalue weighted by molar-refractivity contribution is 6.29. The average Bonchev–Trinajstić information content (AvgIpc) is 2.77. The number of fused-ring (bicyclic) bond motifs is 1. The van der Waals surface area contributed by atoms with Crippen molar-refractivity contribution >= 4 is 23.3 Å². The van der Waals surface area contributed by atoms with E-state index in [0.29, 0.717) is 35.2 Å². The number of aromatic nitrogens is 1. The fourth-order valence-corrected chi connectivity index (χ4v) is 3.60. The maximum absolute atomic E-state index is 13.3. The van der Waals surface area contributed by atoms with E-state index in [2.05, 4.69) is 4.98 Å². The number of nitrogens with zero attached hydrogens (tertiary/aromatic N) is 2. The number of alkyl halides is 3. The molecule has 1 aromatic heterocycles. The Hall–Kier alpha value is -3.06. The van der Waals surface area contributed by atoms with Gasteiger partial charge in [-0.15, -0.1) is 0 Å². The summed E-state index contributed by atoms with van der Waals surface area (Å²) in [7, 11) is 0. The summed E-state index contributed by atoms with van der Waals surface area (Å²) in [5.41, 5.74) is 0.864. The molecule has 1 aromatic carbocycles. The summed E-state index contributed by atoms with van der Waals surface area (Å²) >= 11 is 5.96. The number of ether oxygens (including phenoxy) is 1. The molecule has 0 bridgehead atoms. The molecule has 0 spiro atoms. The highest BCUT2D eigenvalue weighted by atomic mass is 35.5. The second kappa shape index (κ2) is 10.3. The van der Waals surface area contributed by atoms with Crippen LogP contribution in [-0.4, -0.2) is 23.6 Å². The summed E-state index contributed by atoms with van der Waals surface area (Å²) in [6.45, 7) is 5.26. The van der Waals surface area contributed by atoms with Crippen molar-refractivity contribution in [3.05, 3.63) is 87.8 Å². The van der Waals surface area contributed by atoms with Crippen molar-refractivity contribution in [3.63, 3.8) is 0 Å². The number of allylic oxidation sites excluding steroid dienone is 5. The normalized spacial score (nSPS) is 15.5. The van der Waals surface area contributed by atoms with E-state index >= 15 is 0 Å². The van der Waals surface area contributed by atoms with Crippen molar-refractivity contribution in [1.82, 2.24) is 4.98 Å². The Morgan fingerprint density at radius 1 is 1.24 bits per heavy atom. The second-order valence-corrected chi connectivity index (χ2v) is 7.90. The lowest BCUT2D eigenvalue weighted by molar-refractivity contribution is -0.0891. The summed E-state index contributed by atoms with van der Waals surface area (Å²) in [6.07, 6.45) is 0.328. The lowest BCUT2D eigenvalue weighted by Crippen LogP contribution is -2.38. The quantitative estimate of drug-likeness (QED) is 0.254. The third kappa shape index (κ3) is 5.85. The molecule has 2 aromatic rings. The lowest BCUT2D eigenvalue weighted by atomic mass is 9.98. The number of carbonyl (C=O) groups excluding carboxylic acids is 1. The number of halogens is 4. The maximum Gasteiger partial charge on any atom is 0.416 e. The fraction of sp³-hybridized carbons (Fsp3) is 0.280. The van der Waals surface area contributed by atoms with Gasteiger partial charge in [-0.2, -0.15) is 13.2 Å². The van der Waals surface area contributed by atoms with Crippen molar-refractivity contribution in [1.29, 1.82) is 0 Å². The van der Waals surface area contributed by atoms with Crippen molar-refractivity contribution in [2.45, 2.75) is 39.8 Å². The van der Waals surface area contributed by atoms with Crippen LogP contribution < -0.4 is 9.64 Å². The van der Waals surface area contributed by atoms with Crippen LogP contribution in [0.2, 0.25) is 5.15 Å². The Kier molecular flexibility index (Phi) is 7.64. The van der Waals surface area contributed by atoms with Gasteiger partial charge in [0, 0.05) is 12.1 Å². The fourth-order valence-electron chi connectivity index (χ4n) is 3.44. The standard InChI is InChI=1S/C25H24ClF3N2O2/c1-4-16(3)21(25(27,28)29)12-11-18(5-2)33-19-10-9-17-13-14-31(24(32)20(17)15-19)23-8-6-7-22(26)30-23/h5-12,15H,4,13-14H2,1-3H3/b12-11-,18-5+,21-16?. The van der Waals surface area contributed by atoms with Crippen molar-refractivity contribution in [2.24, 2.45) is 0 Å². The van der Waals surface area contributed by atoms with Gasteiger partial charge in [0.15, 0.2) is 0 Å². The van der Waals surface area contributed by atoms with Crippen LogP contribution in [0.5, 0.6) is 5.75 Å². The highest BCUT2D eigenvalue weighted by Gasteiger charge is 2.33. The van der Waals surface area contributed by atoms with E-state index in [-0.39, 0.29) is 23.7 Å². The third-order valence-electron chi connectivity index (χ3n) is 5.37. The molecule has 0 unspecified atom stereocenters. The Labute approximate surface area is 196 Å². The minimum absolute atomic E-state index is 0.234. The van der Waals surface area contributed by atoms with Gasteiger partial charge in [0.1, 0.15) is 22.5 Å². The van der Waals surface area contributed by atoms with Crippen molar-refractivity contribution in [3.8, 4) is 5.75 Å². The Bertz CT molecular complexity index is 1140. The predicted octanol–water partition coefficient (Wildman–Crippen LogP) is 7.07. The zero-order valence-corrected chi connectivity index (χ0v) is 19.3. The molecule has 0 N–H and O–H groups in total. The Balaban J connectivity index is 1.84. The Morgan fingerprint density at radius 2 is 2.00 bits per heavy atom. The van der Waals surface area contributed by atoms with Gasteiger partial charge in [-0.05, 0) is 74.7 Å². The molecule has 0 aliphatic carbocycles. The molecule has 33 heavy (non-hydrogen) atoms. The van der Waals surface area contributed by atoms with E-state index in [4.69, 9.17) is 16.3 Å². The number of benzene rings is 1. The van der Waals surface area contributed by atoms with Gasteiger partial charge in [0.2, 0.25) is 0 Å². The number of amides is 1. The minimum Gasteiger partial charge on any atom is -0.458 e. The zero-order chi connectivity index (χ0) is 24.2. The largest absolute Gasteiger partial charge is 0.458 e. The summed E-state index contributed by atoms with van der Waals surface area (Å²) < 4.78 is 45.8. The van der Waals surface area contributed by atoms with Crippen LogP contribution in [0, 0.1) is 0 Å². The van der Waals surface area contributed by atoms with Gasteiger partial charge in [-0.25, -0.2) is 4.98 Å². The van der Waals surface area contributed by atoms with Crippen molar-refractivity contribution in [2.75, 3.05) is 11.4 Å². The zero-order valence-electron chi connectivity index (χ0n) is 18.5. The summed E-state index contributed by atoms with van der Waals surface area (Å²) in [6, 6.07) is 10.2. The molecule has 174 valence electrons. The first kappa shape index (κ1) is 24.6. The number of carbonyl (C=O) groups is 1. The van der Waals surface area contributed by atoms with Gasteiger partial charge >= 0.3 is 6.18 Å². The molecule has 8 heteroatoms. The molecule has 2 heterocycles. The molecule has 0 fully saturated rings. The lowest BCUT2D eigenvalue weighted by Gasteiger charge is -2.28. The average molecular weight is 477 g/mol. The van der Waals surface area contributed by atoms with E-state index in [1.54, 1.807) is 61.2 Å². The molecular formula is C25H24ClF3N2O2. The maximum atomic E-state index is 13.3. The van der Waals surface area contributed by atoms with E-state index in [0.717, 1.165) is 11.6 Å². The van der Waals surface area contributed by atoms with Crippen LogP contribution in [0.1, 0.15) is 43.1 Å².